The molecule has 0 spiro atoms. The first-order valence-corrected chi connectivity index (χ1v) is 6.93. The molecule has 20 heavy (non-hydrogen) atoms. The number of aryl methyl sites for hydroxylation is 1. The van der Waals surface area contributed by atoms with Crippen molar-refractivity contribution in [1.82, 2.24) is 5.32 Å². The van der Waals surface area contributed by atoms with Crippen LogP contribution in [0.5, 0.6) is 0 Å². The predicted molar refractivity (Wildman–Crippen MR) is 79.3 cm³/mol. The van der Waals surface area contributed by atoms with Crippen molar-refractivity contribution >= 4 is 17.7 Å². The molecule has 2 amide bonds. The van der Waals surface area contributed by atoms with E-state index in [4.69, 9.17) is 5.11 Å². The molecule has 0 atom stereocenters. The van der Waals surface area contributed by atoms with Gasteiger partial charge in [0, 0.05) is 6.54 Å². The van der Waals surface area contributed by atoms with E-state index in [2.05, 4.69) is 17.6 Å². The smallest absolute Gasteiger partial charge is 0.337 e. The van der Waals surface area contributed by atoms with E-state index >= 15 is 0 Å². The summed E-state index contributed by atoms with van der Waals surface area (Å²) in [7, 11) is 0. The zero-order chi connectivity index (χ0) is 15.0. The number of carbonyl (C=O) groups excluding carboxylic acids is 1. The highest BCUT2D eigenvalue weighted by molar-refractivity contribution is 6.00. The monoisotopic (exact) mass is 278 g/mol. The summed E-state index contributed by atoms with van der Waals surface area (Å²) >= 11 is 0. The van der Waals surface area contributed by atoms with Crippen molar-refractivity contribution in [3.63, 3.8) is 0 Å². The van der Waals surface area contributed by atoms with Crippen molar-refractivity contribution in [2.24, 2.45) is 0 Å². The van der Waals surface area contributed by atoms with Crippen molar-refractivity contribution in [2.75, 3.05) is 11.9 Å². The Morgan fingerprint density at radius 1 is 1.20 bits per heavy atom. The standard InChI is InChI=1S/C15H22N2O3/c1-3-4-5-6-9-16-15(20)17-13-8-7-11(2)10-12(13)14(18)19/h7-8,10H,3-6,9H2,1-2H3,(H,18,19)(H2,16,17,20). The van der Waals surface area contributed by atoms with E-state index in [0.29, 0.717) is 12.2 Å². The number of urea groups is 1. The molecule has 0 bridgehead atoms. The quantitative estimate of drug-likeness (QED) is 0.669. The lowest BCUT2D eigenvalue weighted by Crippen LogP contribution is -2.30. The average Bonchev–Trinajstić information content (AvgIpc) is 2.40. The molecule has 3 N–H and O–H groups in total. The van der Waals surface area contributed by atoms with Gasteiger partial charge in [0.05, 0.1) is 11.3 Å². The number of rotatable bonds is 7. The van der Waals surface area contributed by atoms with Crippen LogP contribution in [-0.4, -0.2) is 23.7 Å². The number of aromatic carboxylic acids is 1. The average molecular weight is 278 g/mol. The van der Waals surface area contributed by atoms with Crippen LogP contribution in [0.15, 0.2) is 18.2 Å². The third-order valence-corrected chi connectivity index (χ3v) is 2.97. The van der Waals surface area contributed by atoms with Gasteiger partial charge >= 0.3 is 12.0 Å². The first-order chi connectivity index (χ1) is 9.54. The van der Waals surface area contributed by atoms with Gasteiger partial charge < -0.3 is 15.7 Å². The molecule has 0 saturated carbocycles. The van der Waals surface area contributed by atoms with E-state index in [1.54, 1.807) is 18.2 Å². The second kappa shape index (κ2) is 8.19. The minimum absolute atomic E-state index is 0.103. The van der Waals surface area contributed by atoms with E-state index < -0.39 is 5.97 Å². The number of unbranched alkanes of at least 4 members (excludes halogenated alkanes) is 3. The van der Waals surface area contributed by atoms with Crippen LogP contribution in [0.2, 0.25) is 0 Å². The molecule has 0 aliphatic heterocycles. The largest absolute Gasteiger partial charge is 0.478 e. The van der Waals surface area contributed by atoms with E-state index in [1.165, 1.54) is 0 Å². The van der Waals surface area contributed by atoms with Gasteiger partial charge in [0.1, 0.15) is 0 Å². The summed E-state index contributed by atoms with van der Waals surface area (Å²) in [5.41, 5.74) is 1.26. The Bertz CT molecular complexity index is 472. The van der Waals surface area contributed by atoms with Crippen molar-refractivity contribution < 1.29 is 14.7 Å². The van der Waals surface area contributed by atoms with Crippen LogP contribution in [-0.2, 0) is 0 Å². The molecule has 0 aliphatic carbocycles. The maximum absolute atomic E-state index is 11.7. The summed E-state index contributed by atoms with van der Waals surface area (Å²) in [6.07, 6.45) is 4.32. The van der Waals surface area contributed by atoms with Crippen molar-refractivity contribution in [1.29, 1.82) is 0 Å². The lowest BCUT2D eigenvalue weighted by atomic mass is 10.1. The minimum atomic E-state index is -1.05. The summed E-state index contributed by atoms with van der Waals surface area (Å²) in [6.45, 7) is 4.54. The normalized spacial score (nSPS) is 10.1. The van der Waals surface area contributed by atoms with Gasteiger partial charge in [-0.1, -0.05) is 37.8 Å². The molecule has 1 aromatic rings. The summed E-state index contributed by atoms with van der Waals surface area (Å²) in [5.74, 6) is -1.05. The van der Waals surface area contributed by atoms with Crippen molar-refractivity contribution in [3.8, 4) is 0 Å². The van der Waals surface area contributed by atoms with Crippen LogP contribution in [0.3, 0.4) is 0 Å². The summed E-state index contributed by atoms with van der Waals surface area (Å²) in [4.78, 5) is 22.8. The van der Waals surface area contributed by atoms with E-state index in [9.17, 15) is 9.59 Å². The van der Waals surface area contributed by atoms with Crippen molar-refractivity contribution in [2.45, 2.75) is 39.5 Å². The van der Waals surface area contributed by atoms with Crippen LogP contribution in [0.4, 0.5) is 10.5 Å². The Kier molecular flexibility index (Phi) is 6.56. The van der Waals surface area contributed by atoms with Gasteiger partial charge in [0.15, 0.2) is 0 Å². The fourth-order valence-electron chi connectivity index (χ4n) is 1.86. The van der Waals surface area contributed by atoms with Gasteiger partial charge in [0.2, 0.25) is 0 Å². The number of hydrogen-bond donors (Lipinski definition) is 3. The topological polar surface area (TPSA) is 78.4 Å². The second-order valence-corrected chi connectivity index (χ2v) is 4.80. The third kappa shape index (κ3) is 5.30. The SMILES string of the molecule is CCCCCCNC(=O)Nc1ccc(C)cc1C(=O)O. The molecule has 0 saturated heterocycles. The molecule has 1 rings (SSSR count). The Balaban J connectivity index is 2.51. The van der Waals surface area contributed by atoms with Gasteiger partial charge in [-0.05, 0) is 25.5 Å². The minimum Gasteiger partial charge on any atom is -0.478 e. The zero-order valence-corrected chi connectivity index (χ0v) is 12.0. The van der Waals surface area contributed by atoms with Gasteiger partial charge in [-0.25, -0.2) is 9.59 Å². The predicted octanol–water partition coefficient (Wildman–Crippen LogP) is 3.40. The zero-order valence-electron chi connectivity index (χ0n) is 12.0. The molecule has 5 nitrogen and oxygen atoms in total. The molecule has 0 radical (unpaired) electrons. The first-order valence-electron chi connectivity index (χ1n) is 6.93. The number of carbonyl (C=O) groups is 2. The van der Waals surface area contributed by atoms with Crippen LogP contribution in [0, 0.1) is 6.92 Å². The van der Waals surface area contributed by atoms with Gasteiger partial charge in [-0.2, -0.15) is 0 Å². The maximum atomic E-state index is 11.7. The number of hydrogen-bond acceptors (Lipinski definition) is 2. The number of benzene rings is 1. The number of anilines is 1. The molecule has 0 aromatic heterocycles. The van der Waals surface area contributed by atoms with E-state index in [0.717, 1.165) is 31.2 Å². The van der Waals surface area contributed by atoms with E-state index in [1.807, 2.05) is 6.92 Å². The van der Waals surface area contributed by atoms with Crippen LogP contribution >= 0.6 is 0 Å². The Morgan fingerprint density at radius 2 is 1.95 bits per heavy atom. The van der Waals surface area contributed by atoms with Crippen LogP contribution in [0.1, 0.15) is 48.5 Å². The Morgan fingerprint density at radius 3 is 2.60 bits per heavy atom. The number of carboxylic acid groups (broad SMARTS) is 1. The highest BCUT2D eigenvalue weighted by Gasteiger charge is 2.12. The fourth-order valence-corrected chi connectivity index (χ4v) is 1.86. The molecular formula is C15H22N2O3. The first kappa shape index (κ1) is 16.0. The molecule has 0 heterocycles. The lowest BCUT2D eigenvalue weighted by molar-refractivity contribution is 0.0698. The molecule has 110 valence electrons. The third-order valence-electron chi connectivity index (χ3n) is 2.97. The highest BCUT2D eigenvalue weighted by Crippen LogP contribution is 2.17. The molecule has 5 heteroatoms. The van der Waals surface area contributed by atoms with Crippen molar-refractivity contribution in [3.05, 3.63) is 29.3 Å². The van der Waals surface area contributed by atoms with Gasteiger partial charge in [-0.15, -0.1) is 0 Å². The van der Waals surface area contributed by atoms with Crippen LogP contribution < -0.4 is 10.6 Å². The highest BCUT2D eigenvalue weighted by atomic mass is 16.4. The Hall–Kier alpha value is -2.04. The maximum Gasteiger partial charge on any atom is 0.337 e. The van der Waals surface area contributed by atoms with Gasteiger partial charge in [0.25, 0.3) is 0 Å². The number of amides is 2. The second-order valence-electron chi connectivity index (χ2n) is 4.80. The number of nitrogens with one attached hydrogen (secondary N) is 2. The molecule has 0 fully saturated rings. The number of carboxylic acids is 1. The van der Waals surface area contributed by atoms with Crippen LogP contribution in [0.25, 0.3) is 0 Å². The summed E-state index contributed by atoms with van der Waals surface area (Å²) in [6, 6.07) is 4.55. The molecular weight excluding hydrogens is 256 g/mol. The Labute approximate surface area is 119 Å². The summed E-state index contributed by atoms with van der Waals surface area (Å²) in [5, 5.41) is 14.4. The fraction of sp³-hybridized carbons (Fsp3) is 0.467. The molecule has 0 aliphatic rings. The molecule has 1 aromatic carbocycles. The van der Waals surface area contributed by atoms with Gasteiger partial charge in [-0.3, -0.25) is 0 Å². The summed E-state index contributed by atoms with van der Waals surface area (Å²) < 4.78 is 0. The lowest BCUT2D eigenvalue weighted by Gasteiger charge is -2.10. The van der Waals surface area contributed by atoms with E-state index in [-0.39, 0.29) is 11.6 Å². The molecule has 0 unspecified atom stereocenters.